The van der Waals surface area contributed by atoms with Gasteiger partial charge in [0.25, 0.3) is 5.79 Å². The van der Waals surface area contributed by atoms with Gasteiger partial charge in [-0.2, -0.15) is 0 Å². The lowest BCUT2D eigenvalue weighted by Gasteiger charge is -2.31. The smallest absolute Gasteiger partial charge is 0.407 e. The molecule has 2 atom stereocenters. The number of hydrogen-bond donors (Lipinski definition) is 2. The molecule has 3 aliphatic rings. The first-order valence-corrected chi connectivity index (χ1v) is 15.9. The first kappa shape index (κ1) is 28.8. The summed E-state index contributed by atoms with van der Waals surface area (Å²) in [5, 5.41) is 2.70. The number of rotatable bonds is 6. The number of benzene rings is 2. The zero-order valence-corrected chi connectivity index (χ0v) is 26.4. The van der Waals surface area contributed by atoms with Crippen LogP contribution in [0.25, 0.3) is 22.4 Å². The Balaban J connectivity index is 1.20. The summed E-state index contributed by atoms with van der Waals surface area (Å²) in [4.78, 5) is 35.3. The second-order valence-corrected chi connectivity index (χ2v) is 12.9. The number of nitrogens with one attached hydrogen (secondary N) is 2. The molecule has 2 amide bonds. The highest BCUT2D eigenvalue weighted by molar-refractivity contribution is 14.1. The van der Waals surface area contributed by atoms with Crippen LogP contribution in [0.1, 0.15) is 70.7 Å². The summed E-state index contributed by atoms with van der Waals surface area (Å²) in [7, 11) is 1.30. The molecule has 3 heterocycles. The van der Waals surface area contributed by atoms with Gasteiger partial charge in [0, 0.05) is 24.9 Å². The van der Waals surface area contributed by atoms with Gasteiger partial charge >= 0.3 is 6.09 Å². The van der Waals surface area contributed by atoms with Gasteiger partial charge < -0.3 is 29.4 Å². The van der Waals surface area contributed by atoms with Crippen molar-refractivity contribution in [3.63, 3.8) is 0 Å². The molecule has 2 fully saturated rings. The monoisotopic (exact) mass is 684 g/mol. The largest absolute Gasteiger partial charge is 0.453 e. The minimum atomic E-state index is -0.662. The predicted molar refractivity (Wildman–Crippen MR) is 167 cm³/mol. The highest BCUT2D eigenvalue weighted by Crippen LogP contribution is 2.52. The molecule has 0 unspecified atom stereocenters. The van der Waals surface area contributed by atoms with E-state index in [-0.39, 0.29) is 17.9 Å². The number of carbonyl (C=O) groups excluding carboxylic acids is 2. The van der Waals surface area contributed by atoms with Gasteiger partial charge in [0.05, 0.1) is 28.6 Å². The van der Waals surface area contributed by atoms with E-state index in [2.05, 4.69) is 74.3 Å². The molecule has 3 aromatic rings. The van der Waals surface area contributed by atoms with Crippen LogP contribution in [-0.4, -0.2) is 52.4 Å². The predicted octanol–water partition coefficient (Wildman–Crippen LogP) is 6.82. The minimum Gasteiger partial charge on any atom is -0.453 e. The summed E-state index contributed by atoms with van der Waals surface area (Å²) in [6.07, 6.45) is 8.21. The van der Waals surface area contributed by atoms with Gasteiger partial charge in [-0.15, -0.1) is 0 Å². The summed E-state index contributed by atoms with van der Waals surface area (Å²) in [6, 6.07) is 11.7. The fraction of sp³-hybridized carbons (Fsp3) is 0.469. The number of halogens is 1. The average molecular weight is 685 g/mol. The fourth-order valence-corrected chi connectivity index (χ4v) is 6.86. The molecule has 6 rings (SSSR count). The lowest BCUT2D eigenvalue weighted by molar-refractivity contribution is -0.135. The van der Waals surface area contributed by atoms with Gasteiger partial charge in [-0.25, -0.2) is 9.78 Å². The number of aromatic nitrogens is 2. The van der Waals surface area contributed by atoms with Crippen molar-refractivity contribution >= 4 is 34.6 Å². The number of hydrogen-bond acceptors (Lipinski definition) is 6. The third-order valence-corrected chi connectivity index (χ3v) is 9.45. The van der Waals surface area contributed by atoms with Crippen LogP contribution in [0, 0.1) is 9.49 Å². The van der Waals surface area contributed by atoms with Gasteiger partial charge in [0.1, 0.15) is 11.9 Å². The first-order valence-electron chi connectivity index (χ1n) is 14.8. The molecule has 2 aliphatic heterocycles. The topological polar surface area (TPSA) is 106 Å². The molecule has 9 nitrogen and oxygen atoms in total. The molecule has 0 radical (unpaired) electrons. The van der Waals surface area contributed by atoms with Gasteiger partial charge in [-0.05, 0) is 77.5 Å². The van der Waals surface area contributed by atoms with Crippen LogP contribution in [-0.2, 0) is 9.53 Å². The van der Waals surface area contributed by atoms with Crippen LogP contribution < -0.4 is 14.8 Å². The molecule has 1 aliphatic carbocycles. The van der Waals surface area contributed by atoms with Gasteiger partial charge in [0.15, 0.2) is 11.5 Å². The maximum absolute atomic E-state index is 13.5. The highest BCUT2D eigenvalue weighted by Gasteiger charge is 2.44. The van der Waals surface area contributed by atoms with Crippen molar-refractivity contribution in [3.05, 3.63) is 52.0 Å². The molecule has 222 valence electrons. The number of aromatic amines is 1. The van der Waals surface area contributed by atoms with E-state index in [0.717, 1.165) is 81.8 Å². The summed E-state index contributed by atoms with van der Waals surface area (Å²) < 4.78 is 18.8. The van der Waals surface area contributed by atoms with Gasteiger partial charge in [-0.1, -0.05) is 44.5 Å². The Morgan fingerprint density at radius 3 is 2.48 bits per heavy atom. The third kappa shape index (κ3) is 5.45. The maximum atomic E-state index is 13.5. The Labute approximate surface area is 259 Å². The molecule has 1 saturated carbocycles. The number of imidazole rings is 1. The quantitative estimate of drug-likeness (QED) is 0.276. The van der Waals surface area contributed by atoms with E-state index in [0.29, 0.717) is 6.54 Å². The molecule has 1 saturated heterocycles. The van der Waals surface area contributed by atoms with Crippen LogP contribution >= 0.6 is 22.6 Å². The number of carbonyl (C=O) groups is 2. The standard InChI is InChI=1S/C32H37IN4O5/c1-19(2)26(36-31(39)40-3)30(38)37-17-7-8-25(37)29-34-18-24(35-29)21-11-9-20(10-12-21)22-13-14-23(33)28-27(22)41-32(42-28)15-5-4-6-16-32/h9-14,18-19,25-26H,4-8,15-17H2,1-3H3,(H,34,35)(H,36,39)/t25-,26-/m0/s1. The first-order chi connectivity index (χ1) is 20.3. The lowest BCUT2D eigenvalue weighted by Crippen LogP contribution is -2.51. The Kier molecular flexibility index (Phi) is 8.08. The molecular weight excluding hydrogens is 647 g/mol. The van der Waals surface area contributed by atoms with E-state index >= 15 is 0 Å². The highest BCUT2D eigenvalue weighted by atomic mass is 127. The third-order valence-electron chi connectivity index (χ3n) is 8.60. The zero-order valence-electron chi connectivity index (χ0n) is 24.2. The molecule has 2 aromatic carbocycles. The number of fused-ring (bicyclic) bond motifs is 1. The Hall–Kier alpha value is -3.28. The van der Waals surface area contributed by atoms with Crippen molar-refractivity contribution < 1.29 is 23.8 Å². The van der Waals surface area contributed by atoms with E-state index < -0.39 is 17.9 Å². The van der Waals surface area contributed by atoms with Crippen LogP contribution in [0.2, 0.25) is 0 Å². The number of nitrogens with zero attached hydrogens (tertiary/aromatic N) is 2. The second kappa shape index (κ2) is 11.8. The van der Waals surface area contributed by atoms with E-state index in [1.165, 1.54) is 13.5 Å². The summed E-state index contributed by atoms with van der Waals surface area (Å²) in [5.41, 5.74) is 3.99. The van der Waals surface area contributed by atoms with Crippen LogP contribution in [0.4, 0.5) is 4.79 Å². The number of methoxy groups -OCH3 is 1. The second-order valence-electron chi connectivity index (χ2n) is 11.7. The average Bonchev–Trinajstić information content (AvgIpc) is 3.75. The number of likely N-dealkylation sites (tertiary alicyclic amines) is 1. The molecule has 42 heavy (non-hydrogen) atoms. The molecular formula is C32H37IN4O5. The van der Waals surface area contributed by atoms with E-state index in [1.54, 1.807) is 0 Å². The Bertz CT molecular complexity index is 1460. The van der Waals surface area contributed by atoms with Crippen molar-refractivity contribution in [3.8, 4) is 33.9 Å². The van der Waals surface area contributed by atoms with Crippen LogP contribution in [0.3, 0.4) is 0 Å². The molecule has 0 bridgehead atoms. The summed E-state index contributed by atoms with van der Waals surface area (Å²) in [5.74, 6) is 1.72. The van der Waals surface area contributed by atoms with Crippen LogP contribution in [0.15, 0.2) is 42.6 Å². The van der Waals surface area contributed by atoms with Crippen molar-refractivity contribution in [2.24, 2.45) is 5.92 Å². The normalized spacial score (nSPS) is 19.7. The van der Waals surface area contributed by atoms with Crippen molar-refractivity contribution in [1.29, 1.82) is 0 Å². The number of amides is 2. The van der Waals surface area contributed by atoms with Gasteiger partial charge in [-0.3, -0.25) is 4.79 Å². The van der Waals surface area contributed by atoms with Gasteiger partial charge in [0.2, 0.25) is 5.91 Å². The molecule has 1 spiro atoms. The Morgan fingerprint density at radius 2 is 1.76 bits per heavy atom. The maximum Gasteiger partial charge on any atom is 0.407 e. The number of alkyl carbamates (subject to hydrolysis) is 1. The fourth-order valence-electron chi connectivity index (χ4n) is 6.32. The van der Waals surface area contributed by atoms with E-state index in [4.69, 9.17) is 14.2 Å². The van der Waals surface area contributed by atoms with Crippen molar-refractivity contribution in [1.82, 2.24) is 20.2 Å². The number of ether oxygens (including phenoxy) is 3. The molecule has 2 N–H and O–H groups in total. The summed E-state index contributed by atoms with van der Waals surface area (Å²) in [6.45, 7) is 4.44. The zero-order chi connectivity index (χ0) is 29.4. The van der Waals surface area contributed by atoms with Crippen molar-refractivity contribution in [2.75, 3.05) is 13.7 Å². The molecule has 1 aromatic heterocycles. The Morgan fingerprint density at radius 1 is 1.05 bits per heavy atom. The van der Waals surface area contributed by atoms with E-state index in [1.807, 2.05) is 24.9 Å². The molecule has 10 heteroatoms. The van der Waals surface area contributed by atoms with Crippen LogP contribution in [0.5, 0.6) is 11.5 Å². The van der Waals surface area contributed by atoms with Crippen molar-refractivity contribution in [2.45, 2.75) is 76.7 Å². The minimum absolute atomic E-state index is 0.0806. The number of H-pyrrole nitrogens is 1. The SMILES string of the molecule is COC(=O)N[C@H](C(=O)N1CCC[C@H]1c1ncc(-c2ccc(-c3ccc(I)c4c3OC3(CCCCC3)O4)cc2)[nH]1)C(C)C. The van der Waals surface area contributed by atoms with E-state index in [9.17, 15) is 9.59 Å². The summed E-state index contributed by atoms with van der Waals surface area (Å²) >= 11 is 2.33. The lowest BCUT2D eigenvalue weighted by atomic mass is 9.94.